The molecule has 0 unspecified atom stereocenters. The lowest BCUT2D eigenvalue weighted by Gasteiger charge is -2.19. The average molecular weight is 527 g/mol. The van der Waals surface area contributed by atoms with E-state index in [1.165, 1.54) is 11.8 Å². The molecule has 0 aliphatic carbocycles. The number of rotatable bonds is 4. The number of nitrogens with zero attached hydrogens (tertiary/aromatic N) is 3. The van der Waals surface area contributed by atoms with Crippen LogP contribution in [0.1, 0.15) is 12.5 Å². The second kappa shape index (κ2) is 9.89. The van der Waals surface area contributed by atoms with Crippen LogP contribution in [0.15, 0.2) is 53.7 Å². The number of aromatic nitrogens is 1. The highest BCUT2D eigenvalue weighted by atomic mass is 32.2. The van der Waals surface area contributed by atoms with Crippen molar-refractivity contribution in [1.82, 2.24) is 9.88 Å². The Morgan fingerprint density at radius 3 is 1.91 bits per heavy atom. The molecule has 1 saturated heterocycles. The average Bonchev–Trinajstić information content (AvgIpc) is 2.97. The van der Waals surface area contributed by atoms with Crippen LogP contribution in [0.3, 0.4) is 0 Å². The van der Waals surface area contributed by atoms with E-state index >= 15 is 0 Å². The molecule has 2 aromatic rings. The van der Waals surface area contributed by atoms with E-state index in [1.807, 2.05) is 0 Å². The molecule has 0 radical (unpaired) electrons. The van der Waals surface area contributed by atoms with E-state index in [2.05, 4.69) is 4.98 Å². The van der Waals surface area contributed by atoms with Crippen molar-refractivity contribution in [3.8, 4) is 0 Å². The molecule has 1 N–H and O–H groups in total. The van der Waals surface area contributed by atoms with Gasteiger partial charge in [-0.15, -0.1) is 0 Å². The number of aliphatic carboxylic acids is 1. The molecule has 16 heteroatoms. The molecule has 0 spiro atoms. The highest BCUT2D eigenvalue weighted by Crippen LogP contribution is 2.32. The topological polar surface area (TPSA) is 125 Å². The minimum absolute atomic E-state index is 0.0137. The van der Waals surface area contributed by atoms with Crippen LogP contribution in [-0.4, -0.2) is 59.0 Å². The number of halogens is 6. The summed E-state index contributed by atoms with van der Waals surface area (Å²) < 4.78 is 92.5. The van der Waals surface area contributed by atoms with E-state index < -0.39 is 50.4 Å². The van der Waals surface area contributed by atoms with Crippen molar-refractivity contribution >= 4 is 33.4 Å². The van der Waals surface area contributed by atoms with Crippen LogP contribution in [0.2, 0.25) is 0 Å². The second-order valence-corrected chi connectivity index (χ2v) is 8.80. The van der Waals surface area contributed by atoms with Crippen molar-refractivity contribution in [2.75, 3.05) is 4.90 Å². The lowest BCUT2D eigenvalue weighted by molar-refractivity contribution is -0.192. The van der Waals surface area contributed by atoms with Gasteiger partial charge in [0.15, 0.2) is 0 Å². The molecule has 1 atom stereocenters. The van der Waals surface area contributed by atoms with Gasteiger partial charge in [-0.1, -0.05) is 0 Å². The molecule has 2 heterocycles. The van der Waals surface area contributed by atoms with Crippen molar-refractivity contribution in [2.45, 2.75) is 36.1 Å². The second-order valence-electron chi connectivity index (χ2n) is 6.86. The molecule has 3 amide bonds. The number of carboxylic acid groups (broad SMARTS) is 1. The monoisotopic (exact) mass is 527 g/mol. The van der Waals surface area contributed by atoms with Gasteiger partial charge in [-0.25, -0.2) is 22.9 Å². The summed E-state index contributed by atoms with van der Waals surface area (Å²) in [7, 11) is -5.51. The number of carboxylic acids is 1. The SMILES string of the molecule is C[C@H]1C(=O)N(c2ccc(S(=O)(=O)C(F)(F)F)cc2)C(=O)N1Cc1ccncc1.O=C(O)C(F)(F)F. The van der Waals surface area contributed by atoms with Gasteiger partial charge in [-0.2, -0.15) is 26.3 Å². The number of alkyl halides is 6. The number of carbonyl (C=O) groups is 3. The van der Waals surface area contributed by atoms with E-state index in [0.29, 0.717) is 0 Å². The van der Waals surface area contributed by atoms with Gasteiger partial charge in [0.05, 0.1) is 10.6 Å². The van der Waals surface area contributed by atoms with Crippen molar-refractivity contribution in [3.63, 3.8) is 0 Å². The number of hydrogen-bond acceptors (Lipinski definition) is 6. The molecular formula is C19H15F6N3O6S. The molecule has 35 heavy (non-hydrogen) atoms. The molecule has 1 aliphatic rings. The summed E-state index contributed by atoms with van der Waals surface area (Å²) >= 11 is 0. The van der Waals surface area contributed by atoms with Gasteiger partial charge < -0.3 is 10.0 Å². The fraction of sp³-hybridized carbons (Fsp3) is 0.263. The number of hydrogen-bond donors (Lipinski definition) is 1. The fourth-order valence-corrected chi connectivity index (χ4v) is 3.51. The zero-order valence-electron chi connectivity index (χ0n) is 17.4. The highest BCUT2D eigenvalue weighted by Gasteiger charge is 2.47. The Morgan fingerprint density at radius 2 is 1.49 bits per heavy atom. The van der Waals surface area contributed by atoms with Gasteiger partial charge in [-0.05, 0) is 48.9 Å². The summed E-state index contributed by atoms with van der Waals surface area (Å²) in [6.45, 7) is 1.68. The largest absolute Gasteiger partial charge is 0.501 e. The zero-order valence-corrected chi connectivity index (χ0v) is 18.2. The summed E-state index contributed by atoms with van der Waals surface area (Å²) in [6.07, 6.45) is -2.00. The Labute approximate surface area is 193 Å². The van der Waals surface area contributed by atoms with Crippen molar-refractivity contribution in [3.05, 3.63) is 54.4 Å². The molecule has 0 saturated carbocycles. The number of sulfone groups is 1. The lowest BCUT2D eigenvalue weighted by Crippen LogP contribution is -2.33. The maximum absolute atomic E-state index is 12.7. The van der Waals surface area contributed by atoms with Gasteiger partial charge in [0.25, 0.3) is 15.7 Å². The van der Waals surface area contributed by atoms with Crippen LogP contribution < -0.4 is 4.90 Å². The molecule has 1 aliphatic heterocycles. The van der Waals surface area contributed by atoms with Gasteiger partial charge in [0, 0.05) is 18.9 Å². The Bertz CT molecular complexity index is 1200. The van der Waals surface area contributed by atoms with E-state index in [9.17, 15) is 44.3 Å². The first-order chi connectivity index (χ1) is 16.0. The Morgan fingerprint density at radius 1 is 1.00 bits per heavy atom. The third kappa shape index (κ3) is 6.06. The van der Waals surface area contributed by atoms with Crippen LogP contribution in [-0.2, 0) is 26.0 Å². The third-order valence-electron chi connectivity index (χ3n) is 4.54. The maximum Gasteiger partial charge on any atom is 0.501 e. The number of amides is 3. The summed E-state index contributed by atoms with van der Waals surface area (Å²) in [5.74, 6) is -3.32. The van der Waals surface area contributed by atoms with Crippen LogP contribution in [0, 0.1) is 0 Å². The van der Waals surface area contributed by atoms with Crippen molar-refractivity contribution in [2.24, 2.45) is 0 Å². The first-order valence-corrected chi connectivity index (χ1v) is 10.7. The minimum Gasteiger partial charge on any atom is -0.475 e. The highest BCUT2D eigenvalue weighted by molar-refractivity contribution is 7.92. The van der Waals surface area contributed by atoms with Crippen molar-refractivity contribution < 1.29 is 54.3 Å². The molecular weight excluding hydrogens is 512 g/mol. The first-order valence-electron chi connectivity index (χ1n) is 9.23. The van der Waals surface area contributed by atoms with Crippen LogP contribution in [0.4, 0.5) is 36.8 Å². The standard InChI is InChI=1S/C17H14F3N3O4S.C2HF3O2/c1-11-15(24)23(16(25)22(11)10-12-6-8-21-9-7-12)13-2-4-14(5-3-13)28(26,27)17(18,19)20;3-2(4,5)1(6)7/h2-9,11H,10H2,1H3;(H,6,7)/t11-;/m0./s1. The molecule has 9 nitrogen and oxygen atoms in total. The predicted molar refractivity (Wildman–Crippen MR) is 105 cm³/mol. The number of pyridine rings is 1. The zero-order chi connectivity index (χ0) is 26.8. The van der Waals surface area contributed by atoms with Gasteiger partial charge in [0.1, 0.15) is 6.04 Å². The summed E-state index contributed by atoms with van der Waals surface area (Å²) in [6, 6.07) is 5.35. The van der Waals surface area contributed by atoms with E-state index in [4.69, 9.17) is 9.90 Å². The van der Waals surface area contributed by atoms with Gasteiger partial charge in [-0.3, -0.25) is 9.78 Å². The number of imide groups is 1. The van der Waals surface area contributed by atoms with Crippen LogP contribution >= 0.6 is 0 Å². The number of urea groups is 1. The minimum atomic E-state index is -5.51. The number of anilines is 1. The molecule has 3 rings (SSSR count). The smallest absolute Gasteiger partial charge is 0.475 e. The number of carbonyl (C=O) groups excluding carboxylic acids is 2. The summed E-state index contributed by atoms with van der Waals surface area (Å²) in [5, 5.41) is 7.12. The van der Waals surface area contributed by atoms with E-state index in [1.54, 1.807) is 24.5 Å². The van der Waals surface area contributed by atoms with Crippen molar-refractivity contribution in [1.29, 1.82) is 0 Å². The first kappa shape index (κ1) is 27.6. The lowest BCUT2D eigenvalue weighted by atomic mass is 10.2. The quantitative estimate of drug-likeness (QED) is 0.478. The van der Waals surface area contributed by atoms with Gasteiger partial charge in [0.2, 0.25) is 0 Å². The molecule has 0 bridgehead atoms. The molecule has 1 fully saturated rings. The normalized spacial score (nSPS) is 16.7. The summed E-state index contributed by atoms with van der Waals surface area (Å²) in [5.41, 5.74) is -4.71. The summed E-state index contributed by atoms with van der Waals surface area (Å²) in [4.78, 5) is 39.1. The fourth-order valence-electron chi connectivity index (χ4n) is 2.74. The predicted octanol–water partition coefficient (Wildman–Crippen LogP) is 3.37. The Balaban J connectivity index is 0.000000540. The van der Waals surface area contributed by atoms with Gasteiger partial charge >= 0.3 is 23.7 Å². The molecule has 1 aromatic carbocycles. The van der Waals surface area contributed by atoms with Crippen LogP contribution in [0.5, 0.6) is 0 Å². The maximum atomic E-state index is 12.7. The molecule has 190 valence electrons. The van der Waals surface area contributed by atoms with Crippen LogP contribution in [0.25, 0.3) is 0 Å². The number of benzene rings is 1. The Kier molecular flexibility index (Phi) is 7.79. The third-order valence-corrected chi connectivity index (χ3v) is 6.04. The van der Waals surface area contributed by atoms with E-state index in [-0.39, 0.29) is 12.2 Å². The van der Waals surface area contributed by atoms with E-state index in [0.717, 1.165) is 34.7 Å². The Hall–Kier alpha value is -3.69. The molecule has 1 aromatic heterocycles.